The average molecular weight is 1080 g/mol. The normalized spacial score (nSPS) is 13.1. The third-order valence-electron chi connectivity index (χ3n) is 17.6. The molecule has 15 rings (SSSR count). The van der Waals surface area contributed by atoms with Gasteiger partial charge in [0.15, 0.2) is 0 Å². The standard InChI is InChI=1S/C80H62N4/c1-7-25-60(26-8-1)81(61-27-9-2-10-28-61)76-51-52-78(71-37-18-17-36-70(71)76)83(64-33-15-5-16-34-64)65-45-41-58(42-46-65)59-43-47-66(48-44-59)84(67-49-50-69-68-35-21-22-40-74(68)80(75(69)57-67)55-23-6-24-56-80)79-54-53-77(72-38-19-20-39-73(72)79)82(62-29-11-3-12-30-62)63-31-13-4-14-32-63/h1-5,7-22,25-54,57H,6,23-24,55-56H2. The third kappa shape index (κ3) is 8.95. The summed E-state index contributed by atoms with van der Waals surface area (Å²) >= 11 is 0. The molecular formula is C80H62N4. The lowest BCUT2D eigenvalue weighted by atomic mass is 9.68. The highest BCUT2D eigenvalue weighted by Crippen LogP contribution is 2.57. The largest absolute Gasteiger partial charge is 0.310 e. The zero-order chi connectivity index (χ0) is 55.8. The lowest BCUT2D eigenvalue weighted by molar-refractivity contribution is 0.353. The van der Waals surface area contributed by atoms with Crippen LogP contribution in [-0.2, 0) is 5.41 Å². The van der Waals surface area contributed by atoms with Gasteiger partial charge >= 0.3 is 0 Å². The van der Waals surface area contributed by atoms with Crippen molar-refractivity contribution in [2.24, 2.45) is 0 Å². The van der Waals surface area contributed by atoms with E-state index in [1.54, 1.807) is 0 Å². The highest BCUT2D eigenvalue weighted by atomic mass is 15.2. The van der Waals surface area contributed by atoms with Gasteiger partial charge in [-0.15, -0.1) is 0 Å². The van der Waals surface area contributed by atoms with E-state index >= 15 is 0 Å². The van der Waals surface area contributed by atoms with Crippen LogP contribution in [0.25, 0.3) is 43.8 Å². The Hall–Kier alpha value is -10.4. The Balaban J connectivity index is 0.831. The highest BCUT2D eigenvalue weighted by Gasteiger charge is 2.44. The molecule has 0 radical (unpaired) electrons. The van der Waals surface area contributed by atoms with E-state index in [4.69, 9.17) is 0 Å². The zero-order valence-electron chi connectivity index (χ0n) is 46.8. The summed E-state index contributed by atoms with van der Waals surface area (Å²) in [4.78, 5) is 9.66. The second kappa shape index (κ2) is 21.8. The molecule has 0 heterocycles. The molecular weight excluding hydrogens is 1020 g/mol. The van der Waals surface area contributed by atoms with Crippen LogP contribution in [0, 0.1) is 0 Å². The van der Waals surface area contributed by atoms with E-state index < -0.39 is 0 Å². The van der Waals surface area contributed by atoms with Crippen LogP contribution in [-0.4, -0.2) is 0 Å². The van der Waals surface area contributed by atoms with E-state index in [1.807, 2.05) is 0 Å². The van der Waals surface area contributed by atoms with Crippen LogP contribution < -0.4 is 19.6 Å². The zero-order valence-corrected chi connectivity index (χ0v) is 46.8. The monoisotopic (exact) mass is 1080 g/mol. The topological polar surface area (TPSA) is 13.0 Å². The number of rotatable bonds is 13. The first-order valence-electron chi connectivity index (χ1n) is 29.6. The van der Waals surface area contributed by atoms with E-state index in [1.165, 1.54) is 70.8 Å². The van der Waals surface area contributed by atoms with Gasteiger partial charge in [-0.05, 0) is 168 Å². The molecule has 1 fully saturated rings. The van der Waals surface area contributed by atoms with Gasteiger partial charge in [-0.25, -0.2) is 0 Å². The fourth-order valence-corrected chi connectivity index (χ4v) is 13.8. The molecule has 0 unspecified atom stereocenters. The molecule has 4 heteroatoms. The Labute approximate surface area is 493 Å². The van der Waals surface area contributed by atoms with Gasteiger partial charge in [-0.1, -0.05) is 213 Å². The Kier molecular flexibility index (Phi) is 13.1. The predicted molar refractivity (Wildman–Crippen MR) is 355 cm³/mol. The highest BCUT2D eigenvalue weighted by molar-refractivity contribution is 6.09. The van der Waals surface area contributed by atoms with Crippen molar-refractivity contribution >= 4 is 89.8 Å². The summed E-state index contributed by atoms with van der Waals surface area (Å²) in [5.74, 6) is 0. The van der Waals surface area contributed by atoms with Crippen LogP contribution in [0.15, 0.2) is 315 Å². The molecule has 1 spiro atoms. The summed E-state index contributed by atoms with van der Waals surface area (Å²) < 4.78 is 0. The number of hydrogen-bond acceptors (Lipinski definition) is 4. The van der Waals surface area contributed by atoms with Gasteiger partial charge in [0.25, 0.3) is 0 Å². The first-order valence-corrected chi connectivity index (χ1v) is 29.6. The first-order chi connectivity index (χ1) is 41.7. The second-order valence-corrected chi connectivity index (χ2v) is 22.3. The van der Waals surface area contributed by atoms with Crippen molar-refractivity contribution in [2.75, 3.05) is 19.6 Å². The van der Waals surface area contributed by atoms with Gasteiger partial charge in [0, 0.05) is 72.5 Å². The number of fused-ring (bicyclic) bond motifs is 7. The molecule has 2 aliphatic carbocycles. The van der Waals surface area contributed by atoms with Crippen LogP contribution in [0.3, 0.4) is 0 Å². The van der Waals surface area contributed by atoms with Crippen molar-refractivity contribution in [2.45, 2.75) is 37.5 Å². The van der Waals surface area contributed by atoms with Crippen molar-refractivity contribution in [3.05, 3.63) is 327 Å². The average Bonchev–Trinajstić information content (AvgIpc) is 1.67. The van der Waals surface area contributed by atoms with Gasteiger partial charge in [0.1, 0.15) is 0 Å². The van der Waals surface area contributed by atoms with Crippen molar-refractivity contribution in [1.82, 2.24) is 0 Å². The van der Waals surface area contributed by atoms with Gasteiger partial charge in [-0.3, -0.25) is 0 Å². The molecule has 13 aromatic carbocycles. The molecule has 0 saturated heterocycles. The van der Waals surface area contributed by atoms with E-state index in [-0.39, 0.29) is 5.41 Å². The molecule has 0 aromatic heterocycles. The summed E-state index contributed by atoms with van der Waals surface area (Å²) in [7, 11) is 0. The summed E-state index contributed by atoms with van der Waals surface area (Å²) in [5.41, 5.74) is 21.4. The molecule has 402 valence electrons. The minimum atomic E-state index is 0.0122. The Morgan fingerprint density at radius 1 is 0.214 bits per heavy atom. The van der Waals surface area contributed by atoms with Crippen LogP contribution in [0.5, 0.6) is 0 Å². The lowest BCUT2D eigenvalue weighted by Gasteiger charge is -2.37. The maximum absolute atomic E-state index is 2.55. The number of benzene rings is 13. The molecule has 1 saturated carbocycles. The van der Waals surface area contributed by atoms with Crippen molar-refractivity contribution in [1.29, 1.82) is 0 Å². The van der Waals surface area contributed by atoms with E-state index in [9.17, 15) is 0 Å². The second-order valence-electron chi connectivity index (χ2n) is 22.3. The molecule has 4 nitrogen and oxygen atoms in total. The number of nitrogens with zero attached hydrogens (tertiary/aromatic N) is 4. The van der Waals surface area contributed by atoms with Crippen LogP contribution in [0.1, 0.15) is 43.2 Å². The van der Waals surface area contributed by atoms with E-state index in [0.29, 0.717) is 0 Å². The maximum atomic E-state index is 2.55. The summed E-state index contributed by atoms with van der Waals surface area (Å²) in [6.45, 7) is 0. The van der Waals surface area contributed by atoms with Crippen molar-refractivity contribution in [3.63, 3.8) is 0 Å². The first kappa shape index (κ1) is 50.5. The summed E-state index contributed by atoms with van der Waals surface area (Å²) in [5, 5.41) is 4.68. The van der Waals surface area contributed by atoms with Crippen LogP contribution >= 0.6 is 0 Å². The molecule has 0 amide bonds. The van der Waals surface area contributed by atoms with Crippen LogP contribution in [0.2, 0.25) is 0 Å². The maximum Gasteiger partial charge on any atom is 0.0541 e. The van der Waals surface area contributed by atoms with E-state index in [0.717, 1.165) is 84.5 Å². The van der Waals surface area contributed by atoms with Gasteiger partial charge < -0.3 is 19.6 Å². The van der Waals surface area contributed by atoms with Crippen LogP contribution in [0.4, 0.5) is 68.2 Å². The Bertz CT molecular complexity index is 4370. The summed E-state index contributed by atoms with van der Waals surface area (Å²) in [6, 6.07) is 116. The molecule has 84 heavy (non-hydrogen) atoms. The van der Waals surface area contributed by atoms with Crippen molar-refractivity contribution < 1.29 is 0 Å². The Morgan fingerprint density at radius 2 is 0.500 bits per heavy atom. The van der Waals surface area contributed by atoms with E-state index in [2.05, 4.69) is 335 Å². The summed E-state index contributed by atoms with van der Waals surface area (Å²) in [6.07, 6.45) is 6.13. The number of hydrogen-bond donors (Lipinski definition) is 0. The quantitative estimate of drug-likeness (QED) is 0.114. The van der Waals surface area contributed by atoms with Gasteiger partial charge in [0.05, 0.1) is 22.7 Å². The SMILES string of the molecule is c1ccc(N(c2ccccc2)c2ccc(N(c3ccccc3)c3ccc(-c4ccc(N(c5ccc6c(c5)C5(CCCCC5)c5ccccc5-6)c5ccc(N(c6ccccc6)c6ccccc6)c6ccccc56)cc4)cc3)c3ccccc23)cc1. The number of para-hydroxylation sites is 5. The Morgan fingerprint density at radius 3 is 0.869 bits per heavy atom. The molecule has 13 aromatic rings. The molecule has 0 bridgehead atoms. The molecule has 0 atom stereocenters. The molecule has 2 aliphatic rings. The van der Waals surface area contributed by atoms with Gasteiger partial charge in [0.2, 0.25) is 0 Å². The van der Waals surface area contributed by atoms with Crippen molar-refractivity contribution in [3.8, 4) is 22.3 Å². The van der Waals surface area contributed by atoms with Gasteiger partial charge in [-0.2, -0.15) is 0 Å². The minimum absolute atomic E-state index is 0.0122. The minimum Gasteiger partial charge on any atom is -0.310 e. The fraction of sp³-hybridized carbons (Fsp3) is 0.0750. The fourth-order valence-electron chi connectivity index (χ4n) is 13.8. The molecule has 0 N–H and O–H groups in total. The number of anilines is 12. The third-order valence-corrected chi connectivity index (χ3v) is 17.6. The molecule has 0 aliphatic heterocycles. The lowest BCUT2D eigenvalue weighted by Crippen LogP contribution is -2.28. The predicted octanol–water partition coefficient (Wildman–Crippen LogP) is 22.8. The smallest absolute Gasteiger partial charge is 0.0541 e.